The lowest BCUT2D eigenvalue weighted by atomic mass is 9.81. The number of nitrogens with one attached hydrogen (secondary N) is 1. The quantitative estimate of drug-likeness (QED) is 0.259. The normalized spacial score (nSPS) is 15.4. The highest BCUT2D eigenvalue weighted by Gasteiger charge is 2.25. The molecule has 0 aromatic rings. The molecule has 110 valence electrons. The minimum absolute atomic E-state index is 0.0926. The Kier molecular flexibility index (Phi) is 8.32. The van der Waals surface area contributed by atoms with Gasteiger partial charge in [-0.15, -0.1) is 0 Å². The van der Waals surface area contributed by atoms with Crippen LogP contribution in [-0.4, -0.2) is 52.8 Å². The van der Waals surface area contributed by atoms with Crippen molar-refractivity contribution in [1.29, 1.82) is 0 Å². The monoisotopic (exact) mass is 275 g/mol. The number of carbonyl (C=O) groups is 2. The number of nitrogens with two attached hydrogens (primary N) is 2. The Hall–Kier alpha value is -1.16. The van der Waals surface area contributed by atoms with Crippen molar-refractivity contribution in [3.8, 4) is 0 Å². The van der Waals surface area contributed by atoms with Crippen molar-refractivity contribution in [3.63, 3.8) is 0 Å². The summed E-state index contributed by atoms with van der Waals surface area (Å²) in [6, 6.07) is -1.80. The van der Waals surface area contributed by atoms with Crippen molar-refractivity contribution in [2.75, 3.05) is 6.54 Å². The predicted octanol–water partition coefficient (Wildman–Crippen LogP) is -2.27. The molecule has 8 nitrogen and oxygen atoms in total. The van der Waals surface area contributed by atoms with Crippen molar-refractivity contribution in [1.82, 2.24) is 5.32 Å². The van der Waals surface area contributed by atoms with Crippen molar-refractivity contribution in [2.24, 2.45) is 17.4 Å². The van der Waals surface area contributed by atoms with E-state index >= 15 is 0 Å². The Morgan fingerprint density at radius 1 is 1.32 bits per heavy atom. The van der Waals surface area contributed by atoms with Crippen LogP contribution in [0.15, 0.2) is 0 Å². The van der Waals surface area contributed by atoms with E-state index in [9.17, 15) is 9.59 Å². The van der Waals surface area contributed by atoms with Crippen LogP contribution in [0.2, 0.25) is 6.32 Å². The summed E-state index contributed by atoms with van der Waals surface area (Å²) in [6.07, 6.45) is 0.895. The average Bonchev–Trinajstić information content (AvgIpc) is 2.31. The van der Waals surface area contributed by atoms with E-state index in [0.29, 0.717) is 12.8 Å². The van der Waals surface area contributed by atoms with Gasteiger partial charge in [-0.2, -0.15) is 0 Å². The van der Waals surface area contributed by atoms with Gasteiger partial charge in [0.1, 0.15) is 6.04 Å². The number of hydrogen-bond acceptors (Lipinski definition) is 6. The minimum atomic E-state index is -1.43. The third-order valence-corrected chi connectivity index (χ3v) is 2.78. The Morgan fingerprint density at radius 3 is 2.32 bits per heavy atom. The van der Waals surface area contributed by atoms with Crippen LogP contribution >= 0.6 is 0 Å². The maximum absolute atomic E-state index is 11.3. The van der Waals surface area contributed by atoms with Gasteiger partial charge < -0.3 is 31.9 Å². The first-order chi connectivity index (χ1) is 8.75. The Bertz CT molecular complexity index is 301. The van der Waals surface area contributed by atoms with Crippen LogP contribution in [0.1, 0.15) is 19.8 Å². The Balaban J connectivity index is 4.33. The number of rotatable bonds is 9. The molecule has 0 aromatic carbocycles. The predicted molar refractivity (Wildman–Crippen MR) is 70.0 cm³/mol. The van der Waals surface area contributed by atoms with Gasteiger partial charge in [-0.1, -0.05) is 6.42 Å². The highest BCUT2D eigenvalue weighted by atomic mass is 16.4. The number of carboxylic acid groups (broad SMARTS) is 1. The molecule has 0 aliphatic carbocycles. The summed E-state index contributed by atoms with van der Waals surface area (Å²) in [6.45, 7) is 1.61. The van der Waals surface area contributed by atoms with Gasteiger partial charge in [-0.05, 0) is 19.7 Å². The summed E-state index contributed by atoms with van der Waals surface area (Å²) < 4.78 is 0. The third-order valence-electron chi connectivity index (χ3n) is 2.78. The second kappa shape index (κ2) is 8.86. The minimum Gasteiger partial charge on any atom is -0.480 e. The van der Waals surface area contributed by atoms with Gasteiger partial charge in [-0.3, -0.25) is 9.59 Å². The largest absolute Gasteiger partial charge is 0.480 e. The topological polar surface area (TPSA) is 159 Å². The molecule has 0 radical (unpaired) electrons. The standard InChI is InChI=1S/C10H22BN3O5/c1-6(12)9(15)14-5-7(8(13)10(16)17)3-2-4-11(18)19/h6-8,18-19H,2-5,12-13H2,1H3,(H,14,15)(H,16,17)/t6-,7-,8-/m0/s1. The van der Waals surface area contributed by atoms with E-state index in [-0.39, 0.29) is 18.8 Å². The van der Waals surface area contributed by atoms with Crippen LogP contribution in [-0.2, 0) is 9.59 Å². The number of carboxylic acids is 1. The summed E-state index contributed by atoms with van der Waals surface area (Å²) in [4.78, 5) is 22.2. The molecule has 0 aromatic heterocycles. The number of amides is 1. The molecule has 9 heteroatoms. The van der Waals surface area contributed by atoms with Gasteiger partial charge in [0.25, 0.3) is 0 Å². The van der Waals surface area contributed by atoms with Crippen molar-refractivity contribution >= 4 is 19.0 Å². The van der Waals surface area contributed by atoms with E-state index in [0.717, 1.165) is 0 Å². The van der Waals surface area contributed by atoms with E-state index in [1.165, 1.54) is 6.92 Å². The van der Waals surface area contributed by atoms with E-state index in [2.05, 4.69) is 5.32 Å². The Morgan fingerprint density at radius 2 is 1.89 bits per heavy atom. The molecule has 19 heavy (non-hydrogen) atoms. The zero-order valence-corrected chi connectivity index (χ0v) is 11.0. The van der Waals surface area contributed by atoms with Gasteiger partial charge in [0.05, 0.1) is 6.04 Å². The molecule has 0 saturated heterocycles. The van der Waals surface area contributed by atoms with Gasteiger partial charge in [0.15, 0.2) is 0 Å². The fourth-order valence-corrected chi connectivity index (χ4v) is 1.57. The summed E-state index contributed by atoms with van der Waals surface area (Å²) in [5.41, 5.74) is 10.9. The zero-order chi connectivity index (χ0) is 15.0. The number of carbonyl (C=O) groups excluding carboxylic acids is 1. The average molecular weight is 275 g/mol. The van der Waals surface area contributed by atoms with Gasteiger partial charge in [0.2, 0.25) is 5.91 Å². The fourth-order valence-electron chi connectivity index (χ4n) is 1.57. The third kappa shape index (κ3) is 7.78. The van der Waals surface area contributed by atoms with Crippen molar-refractivity contribution < 1.29 is 24.7 Å². The molecule has 3 atom stereocenters. The lowest BCUT2D eigenvalue weighted by molar-refractivity contribution is -0.140. The molecule has 0 rings (SSSR count). The molecule has 0 aliphatic heterocycles. The molecule has 0 spiro atoms. The van der Waals surface area contributed by atoms with Gasteiger partial charge >= 0.3 is 13.1 Å². The highest BCUT2D eigenvalue weighted by molar-refractivity contribution is 6.40. The molecule has 0 bridgehead atoms. The molecule has 0 heterocycles. The molecule has 8 N–H and O–H groups in total. The van der Waals surface area contributed by atoms with Crippen LogP contribution < -0.4 is 16.8 Å². The maximum atomic E-state index is 11.3. The van der Waals surface area contributed by atoms with Gasteiger partial charge in [0, 0.05) is 12.5 Å². The van der Waals surface area contributed by atoms with E-state index < -0.39 is 31.1 Å². The lowest BCUT2D eigenvalue weighted by Gasteiger charge is -2.21. The van der Waals surface area contributed by atoms with Crippen molar-refractivity contribution in [2.45, 2.75) is 38.2 Å². The molecule has 0 unspecified atom stereocenters. The van der Waals surface area contributed by atoms with Crippen molar-refractivity contribution in [3.05, 3.63) is 0 Å². The molecule has 0 aliphatic rings. The maximum Gasteiger partial charge on any atom is 0.451 e. The van der Waals surface area contributed by atoms with Crippen LogP contribution in [0.5, 0.6) is 0 Å². The number of hydrogen-bond donors (Lipinski definition) is 6. The lowest BCUT2D eigenvalue weighted by Crippen LogP contribution is -2.47. The number of aliphatic carboxylic acids is 1. The smallest absolute Gasteiger partial charge is 0.451 e. The summed E-state index contributed by atoms with van der Waals surface area (Å²) in [5, 5.41) is 28.8. The molecule has 1 amide bonds. The summed E-state index contributed by atoms with van der Waals surface area (Å²) >= 11 is 0. The Labute approximate surface area is 112 Å². The fraction of sp³-hybridized carbons (Fsp3) is 0.800. The zero-order valence-electron chi connectivity index (χ0n) is 11.0. The summed E-state index contributed by atoms with van der Waals surface area (Å²) in [5.74, 6) is -2.03. The molecule has 0 saturated carbocycles. The van der Waals surface area contributed by atoms with Crippen LogP contribution in [0.4, 0.5) is 0 Å². The van der Waals surface area contributed by atoms with E-state index in [4.69, 9.17) is 26.6 Å². The molecular formula is C10H22BN3O5. The molecule has 0 fully saturated rings. The van der Waals surface area contributed by atoms with E-state index in [1.807, 2.05) is 0 Å². The second-order valence-corrected chi connectivity index (χ2v) is 4.57. The molecular weight excluding hydrogens is 253 g/mol. The highest BCUT2D eigenvalue weighted by Crippen LogP contribution is 2.12. The van der Waals surface area contributed by atoms with Gasteiger partial charge in [-0.25, -0.2) is 0 Å². The van der Waals surface area contributed by atoms with Crippen LogP contribution in [0.25, 0.3) is 0 Å². The first-order valence-corrected chi connectivity index (χ1v) is 6.13. The SMILES string of the molecule is C[C@H](N)C(=O)NC[C@H](CCCB(O)O)[C@H](N)C(=O)O. The first-order valence-electron chi connectivity index (χ1n) is 6.13. The van der Waals surface area contributed by atoms with E-state index in [1.54, 1.807) is 0 Å². The first kappa shape index (κ1) is 17.8. The van der Waals surface area contributed by atoms with Crippen LogP contribution in [0, 0.1) is 5.92 Å². The van der Waals surface area contributed by atoms with Crippen LogP contribution in [0.3, 0.4) is 0 Å². The second-order valence-electron chi connectivity index (χ2n) is 4.57. The summed E-state index contributed by atoms with van der Waals surface area (Å²) in [7, 11) is -1.43.